The van der Waals surface area contributed by atoms with Gasteiger partial charge in [0, 0.05) is 18.0 Å². The van der Waals surface area contributed by atoms with Gasteiger partial charge >= 0.3 is 5.97 Å². The van der Waals surface area contributed by atoms with Crippen LogP contribution < -0.4 is 5.73 Å². The predicted molar refractivity (Wildman–Crippen MR) is 93.0 cm³/mol. The molecule has 2 atom stereocenters. The van der Waals surface area contributed by atoms with Crippen molar-refractivity contribution >= 4 is 22.8 Å². The fourth-order valence-electron chi connectivity index (χ4n) is 3.39. The standard InChI is InChI=1S/C20H16N2O3/c21-19(23)18-15-7-3-1-5-12(15)10-17(18)25-20(24)14-9-13-6-2-4-8-16(13)22-11-14/h1-9,11,17-18H,10H2,(H2,21,23). The Morgan fingerprint density at radius 3 is 2.68 bits per heavy atom. The third kappa shape index (κ3) is 2.74. The number of rotatable bonds is 3. The van der Waals surface area contributed by atoms with Gasteiger partial charge in [0.15, 0.2) is 0 Å². The normalized spacial score (nSPS) is 18.7. The Balaban J connectivity index is 1.60. The zero-order valence-electron chi connectivity index (χ0n) is 13.4. The summed E-state index contributed by atoms with van der Waals surface area (Å²) in [6.45, 7) is 0. The first-order valence-corrected chi connectivity index (χ1v) is 8.06. The number of hydrogen-bond acceptors (Lipinski definition) is 4. The van der Waals surface area contributed by atoms with Crippen LogP contribution in [0.25, 0.3) is 10.9 Å². The van der Waals surface area contributed by atoms with Crippen LogP contribution in [0.3, 0.4) is 0 Å². The number of aromatic nitrogens is 1. The molecule has 4 rings (SSSR count). The minimum Gasteiger partial charge on any atom is -0.457 e. The molecule has 0 aliphatic heterocycles. The molecular formula is C20H16N2O3. The number of para-hydroxylation sites is 1. The van der Waals surface area contributed by atoms with Crippen molar-refractivity contribution in [2.75, 3.05) is 0 Å². The van der Waals surface area contributed by atoms with Gasteiger partial charge in [0.05, 0.1) is 11.1 Å². The molecule has 0 fully saturated rings. The van der Waals surface area contributed by atoms with Crippen LogP contribution in [0.2, 0.25) is 0 Å². The first-order valence-electron chi connectivity index (χ1n) is 8.06. The summed E-state index contributed by atoms with van der Waals surface area (Å²) >= 11 is 0. The van der Waals surface area contributed by atoms with Crippen LogP contribution in [0.4, 0.5) is 0 Å². The molecule has 1 aromatic heterocycles. The topological polar surface area (TPSA) is 82.3 Å². The van der Waals surface area contributed by atoms with Crippen molar-refractivity contribution in [2.24, 2.45) is 5.73 Å². The average Bonchev–Trinajstić information content (AvgIpc) is 2.99. The molecule has 5 heteroatoms. The van der Waals surface area contributed by atoms with Gasteiger partial charge in [-0.05, 0) is 23.3 Å². The second-order valence-corrected chi connectivity index (χ2v) is 6.14. The number of esters is 1. The van der Waals surface area contributed by atoms with Gasteiger partial charge in [-0.2, -0.15) is 0 Å². The summed E-state index contributed by atoms with van der Waals surface area (Å²) in [7, 11) is 0. The van der Waals surface area contributed by atoms with E-state index >= 15 is 0 Å². The SMILES string of the molecule is NC(=O)C1c2ccccc2CC1OC(=O)c1cnc2ccccc2c1. The number of nitrogens with two attached hydrogens (primary N) is 1. The zero-order valence-corrected chi connectivity index (χ0v) is 13.4. The monoisotopic (exact) mass is 332 g/mol. The fourth-order valence-corrected chi connectivity index (χ4v) is 3.39. The summed E-state index contributed by atoms with van der Waals surface area (Å²) in [6.07, 6.45) is 1.39. The summed E-state index contributed by atoms with van der Waals surface area (Å²) in [4.78, 5) is 28.7. The summed E-state index contributed by atoms with van der Waals surface area (Å²) in [6, 6.07) is 16.8. The lowest BCUT2D eigenvalue weighted by Crippen LogP contribution is -2.32. The molecule has 0 radical (unpaired) electrons. The molecule has 0 spiro atoms. The van der Waals surface area contributed by atoms with E-state index in [2.05, 4.69) is 4.98 Å². The van der Waals surface area contributed by atoms with Crippen LogP contribution in [0.5, 0.6) is 0 Å². The molecule has 1 aliphatic rings. The number of ether oxygens (including phenoxy) is 1. The van der Waals surface area contributed by atoms with E-state index in [4.69, 9.17) is 10.5 Å². The number of fused-ring (bicyclic) bond motifs is 2. The Labute approximate surface area is 144 Å². The van der Waals surface area contributed by atoms with Crippen LogP contribution in [0, 0.1) is 0 Å². The van der Waals surface area contributed by atoms with Crippen molar-refractivity contribution in [2.45, 2.75) is 18.4 Å². The quantitative estimate of drug-likeness (QED) is 0.747. The maximum atomic E-state index is 12.5. The van der Waals surface area contributed by atoms with E-state index in [1.165, 1.54) is 6.20 Å². The van der Waals surface area contributed by atoms with Crippen molar-refractivity contribution in [1.82, 2.24) is 4.98 Å². The molecule has 25 heavy (non-hydrogen) atoms. The van der Waals surface area contributed by atoms with Crippen molar-refractivity contribution in [3.05, 3.63) is 77.5 Å². The summed E-state index contributed by atoms with van der Waals surface area (Å²) in [5.41, 5.74) is 8.54. The lowest BCUT2D eigenvalue weighted by Gasteiger charge is -2.18. The number of carbonyl (C=O) groups excluding carboxylic acids is 2. The molecular weight excluding hydrogens is 316 g/mol. The number of pyridine rings is 1. The molecule has 0 saturated carbocycles. The van der Waals surface area contributed by atoms with Crippen molar-refractivity contribution < 1.29 is 14.3 Å². The Morgan fingerprint density at radius 2 is 1.84 bits per heavy atom. The number of primary amides is 1. The largest absolute Gasteiger partial charge is 0.457 e. The van der Waals surface area contributed by atoms with Crippen LogP contribution in [0.15, 0.2) is 60.8 Å². The molecule has 0 saturated heterocycles. The second-order valence-electron chi connectivity index (χ2n) is 6.14. The van der Waals surface area contributed by atoms with E-state index in [1.807, 2.05) is 48.5 Å². The van der Waals surface area contributed by atoms with Gasteiger partial charge in [0.1, 0.15) is 12.0 Å². The highest BCUT2D eigenvalue weighted by Gasteiger charge is 2.38. The minimum atomic E-state index is -0.617. The maximum Gasteiger partial charge on any atom is 0.340 e. The van der Waals surface area contributed by atoms with E-state index in [0.29, 0.717) is 12.0 Å². The molecule has 3 aromatic rings. The third-order valence-electron chi connectivity index (χ3n) is 4.57. The summed E-state index contributed by atoms with van der Waals surface area (Å²) in [5.74, 6) is -1.60. The number of amides is 1. The average molecular weight is 332 g/mol. The highest BCUT2D eigenvalue weighted by atomic mass is 16.5. The highest BCUT2D eigenvalue weighted by molar-refractivity contribution is 5.94. The van der Waals surface area contributed by atoms with Gasteiger partial charge in [-0.15, -0.1) is 0 Å². The Bertz CT molecular complexity index is 983. The zero-order chi connectivity index (χ0) is 17.4. The fraction of sp³-hybridized carbons (Fsp3) is 0.150. The predicted octanol–water partition coefficient (Wildman–Crippen LogP) is 2.59. The minimum absolute atomic E-state index is 0.359. The number of benzene rings is 2. The second kappa shape index (κ2) is 6.02. The molecule has 2 unspecified atom stereocenters. The van der Waals surface area contributed by atoms with Crippen LogP contribution in [0.1, 0.15) is 27.4 Å². The maximum absolute atomic E-state index is 12.5. The lowest BCUT2D eigenvalue weighted by molar-refractivity contribution is -0.121. The van der Waals surface area contributed by atoms with E-state index in [0.717, 1.165) is 22.0 Å². The summed E-state index contributed by atoms with van der Waals surface area (Å²) in [5, 5.41) is 0.859. The van der Waals surface area contributed by atoms with Gasteiger partial charge in [-0.25, -0.2) is 4.79 Å². The van der Waals surface area contributed by atoms with E-state index in [-0.39, 0.29) is 0 Å². The van der Waals surface area contributed by atoms with E-state index in [9.17, 15) is 9.59 Å². The van der Waals surface area contributed by atoms with E-state index < -0.39 is 23.9 Å². The Kier molecular flexibility index (Phi) is 3.69. The Morgan fingerprint density at radius 1 is 1.08 bits per heavy atom. The number of hydrogen-bond donors (Lipinski definition) is 1. The van der Waals surface area contributed by atoms with Gasteiger partial charge < -0.3 is 10.5 Å². The van der Waals surface area contributed by atoms with Crippen LogP contribution in [-0.2, 0) is 16.0 Å². The molecule has 1 amide bonds. The molecule has 5 nitrogen and oxygen atoms in total. The van der Waals surface area contributed by atoms with Gasteiger partial charge in [0.25, 0.3) is 0 Å². The molecule has 124 valence electrons. The van der Waals surface area contributed by atoms with Crippen LogP contribution >= 0.6 is 0 Å². The first kappa shape index (κ1) is 15.3. The van der Waals surface area contributed by atoms with Gasteiger partial charge in [0.2, 0.25) is 5.91 Å². The molecule has 1 heterocycles. The highest BCUT2D eigenvalue weighted by Crippen LogP contribution is 2.35. The number of carbonyl (C=O) groups is 2. The lowest BCUT2D eigenvalue weighted by atomic mass is 9.99. The smallest absolute Gasteiger partial charge is 0.340 e. The van der Waals surface area contributed by atoms with Crippen LogP contribution in [-0.4, -0.2) is 23.0 Å². The molecule has 1 aliphatic carbocycles. The van der Waals surface area contributed by atoms with E-state index in [1.54, 1.807) is 6.07 Å². The molecule has 2 N–H and O–H groups in total. The molecule has 0 bridgehead atoms. The van der Waals surface area contributed by atoms with Gasteiger partial charge in [-0.1, -0.05) is 42.5 Å². The first-order chi connectivity index (χ1) is 12.1. The van der Waals surface area contributed by atoms with Gasteiger partial charge in [-0.3, -0.25) is 9.78 Å². The summed E-state index contributed by atoms with van der Waals surface area (Å²) < 4.78 is 5.62. The third-order valence-corrected chi connectivity index (χ3v) is 4.57. The number of nitrogens with zero attached hydrogens (tertiary/aromatic N) is 1. The van der Waals surface area contributed by atoms with Crippen molar-refractivity contribution in [1.29, 1.82) is 0 Å². The molecule has 2 aromatic carbocycles. The van der Waals surface area contributed by atoms with Crippen molar-refractivity contribution in [3.8, 4) is 0 Å². The van der Waals surface area contributed by atoms with Crippen molar-refractivity contribution in [3.63, 3.8) is 0 Å². The Hall–Kier alpha value is -3.21.